The highest BCUT2D eigenvalue weighted by atomic mass is 16.3. The lowest BCUT2D eigenvalue weighted by atomic mass is 9.91. The van der Waals surface area contributed by atoms with Crippen LogP contribution in [0.3, 0.4) is 0 Å². The van der Waals surface area contributed by atoms with Crippen molar-refractivity contribution in [1.82, 2.24) is 15.0 Å². The van der Waals surface area contributed by atoms with Crippen LogP contribution in [0.2, 0.25) is 0 Å². The van der Waals surface area contributed by atoms with Crippen LogP contribution in [0.25, 0.3) is 111 Å². The van der Waals surface area contributed by atoms with Crippen molar-refractivity contribution in [2.75, 3.05) is 0 Å². The molecule has 5 heteroatoms. The van der Waals surface area contributed by atoms with Gasteiger partial charge in [-0.1, -0.05) is 127 Å². The van der Waals surface area contributed by atoms with Crippen LogP contribution in [0, 0.1) is 0 Å². The van der Waals surface area contributed by atoms with Crippen molar-refractivity contribution in [3.8, 4) is 45.3 Å². The maximum atomic E-state index is 6.80. The van der Waals surface area contributed by atoms with Gasteiger partial charge in [-0.25, -0.2) is 15.0 Å². The summed E-state index contributed by atoms with van der Waals surface area (Å²) in [6.07, 6.45) is 0. The monoisotopic (exact) mass is 665 g/mol. The fourth-order valence-electron chi connectivity index (χ4n) is 7.80. The summed E-state index contributed by atoms with van der Waals surface area (Å²) >= 11 is 0. The van der Waals surface area contributed by atoms with Gasteiger partial charge in [0.1, 0.15) is 22.3 Å². The zero-order valence-corrected chi connectivity index (χ0v) is 27.7. The third-order valence-electron chi connectivity index (χ3n) is 10.1. The van der Waals surface area contributed by atoms with Gasteiger partial charge in [-0.15, -0.1) is 0 Å². The Kier molecular flexibility index (Phi) is 6.18. The van der Waals surface area contributed by atoms with Gasteiger partial charge in [0.15, 0.2) is 17.5 Å². The molecule has 0 unspecified atom stereocenters. The van der Waals surface area contributed by atoms with Crippen molar-refractivity contribution in [3.63, 3.8) is 0 Å². The average Bonchev–Trinajstić information content (AvgIpc) is 3.80. The van der Waals surface area contributed by atoms with E-state index in [-0.39, 0.29) is 0 Å². The van der Waals surface area contributed by atoms with Crippen molar-refractivity contribution in [3.05, 3.63) is 164 Å². The van der Waals surface area contributed by atoms with E-state index in [0.29, 0.717) is 17.5 Å². The van der Waals surface area contributed by atoms with Gasteiger partial charge in [0.25, 0.3) is 0 Å². The van der Waals surface area contributed by atoms with E-state index in [1.165, 1.54) is 21.5 Å². The Balaban J connectivity index is 1.22. The fourth-order valence-corrected chi connectivity index (χ4v) is 7.80. The normalized spacial score (nSPS) is 11.8. The molecule has 52 heavy (non-hydrogen) atoms. The summed E-state index contributed by atoms with van der Waals surface area (Å²) < 4.78 is 13.1. The van der Waals surface area contributed by atoms with Gasteiger partial charge in [-0.05, 0) is 63.5 Å². The number of hydrogen-bond acceptors (Lipinski definition) is 5. The van der Waals surface area contributed by atoms with Crippen LogP contribution in [0.1, 0.15) is 0 Å². The van der Waals surface area contributed by atoms with Gasteiger partial charge in [-0.2, -0.15) is 0 Å². The molecule has 242 valence electrons. The van der Waals surface area contributed by atoms with Crippen molar-refractivity contribution >= 4 is 65.4 Å². The van der Waals surface area contributed by atoms with E-state index in [0.717, 1.165) is 71.7 Å². The first-order chi connectivity index (χ1) is 25.8. The van der Waals surface area contributed by atoms with Gasteiger partial charge in [0, 0.05) is 43.8 Å². The van der Waals surface area contributed by atoms with Gasteiger partial charge >= 0.3 is 0 Å². The fraction of sp³-hybridized carbons (Fsp3) is 0. The second kappa shape index (κ2) is 11.2. The Hall–Kier alpha value is -7.11. The minimum Gasteiger partial charge on any atom is -0.456 e. The van der Waals surface area contributed by atoms with Crippen LogP contribution in [0.15, 0.2) is 173 Å². The second-order valence-electron chi connectivity index (χ2n) is 13.1. The van der Waals surface area contributed by atoms with Crippen LogP contribution in [0.4, 0.5) is 0 Å². The van der Waals surface area contributed by atoms with Crippen molar-refractivity contribution < 1.29 is 8.83 Å². The average molecular weight is 666 g/mol. The zero-order chi connectivity index (χ0) is 34.2. The molecule has 8 aromatic carbocycles. The highest BCUT2D eigenvalue weighted by Crippen LogP contribution is 2.45. The SMILES string of the molecule is c1ccc(-c2nc(-c3cccc4oc5ccccc5c34)nc(-c3ccc(-c4cc5ccccc5c5ccccc45)c4oc5ccccc5c34)n2)cc1. The van der Waals surface area contributed by atoms with E-state index < -0.39 is 0 Å². The predicted molar refractivity (Wildman–Crippen MR) is 211 cm³/mol. The minimum absolute atomic E-state index is 0.570. The van der Waals surface area contributed by atoms with Gasteiger partial charge in [0.2, 0.25) is 0 Å². The summed E-state index contributed by atoms with van der Waals surface area (Å²) in [4.78, 5) is 15.5. The van der Waals surface area contributed by atoms with E-state index in [2.05, 4.69) is 91.0 Å². The van der Waals surface area contributed by atoms with Crippen molar-refractivity contribution in [1.29, 1.82) is 0 Å². The molecule has 0 N–H and O–H groups in total. The van der Waals surface area contributed by atoms with Gasteiger partial charge in [-0.3, -0.25) is 0 Å². The highest BCUT2D eigenvalue weighted by Gasteiger charge is 2.23. The van der Waals surface area contributed by atoms with Crippen LogP contribution in [0.5, 0.6) is 0 Å². The summed E-state index contributed by atoms with van der Waals surface area (Å²) in [6.45, 7) is 0. The maximum absolute atomic E-state index is 6.80. The molecule has 11 rings (SSSR count). The summed E-state index contributed by atoms with van der Waals surface area (Å²) in [5, 5.41) is 8.76. The van der Waals surface area contributed by atoms with Gasteiger partial charge in [0.05, 0.1) is 0 Å². The van der Waals surface area contributed by atoms with Crippen LogP contribution in [-0.4, -0.2) is 15.0 Å². The number of aromatic nitrogens is 3. The molecule has 0 aliphatic carbocycles. The third kappa shape index (κ3) is 4.33. The van der Waals surface area contributed by atoms with E-state index in [4.69, 9.17) is 23.8 Å². The molecule has 0 radical (unpaired) electrons. The molecular formula is C47H27N3O2. The summed E-state index contributed by atoms with van der Waals surface area (Å²) in [5.74, 6) is 1.74. The Morgan fingerprint density at radius 1 is 0.327 bits per heavy atom. The summed E-state index contributed by atoms with van der Waals surface area (Å²) in [5.41, 5.74) is 8.02. The van der Waals surface area contributed by atoms with Crippen LogP contribution < -0.4 is 0 Å². The first kappa shape index (κ1) is 28.7. The third-order valence-corrected chi connectivity index (χ3v) is 10.1. The number of fused-ring (bicyclic) bond motifs is 9. The molecule has 5 nitrogen and oxygen atoms in total. The lowest BCUT2D eigenvalue weighted by molar-refractivity contribution is 0.669. The predicted octanol–water partition coefficient (Wildman–Crippen LogP) is 12.6. The number of benzene rings is 8. The maximum Gasteiger partial charge on any atom is 0.164 e. The Labute approximate surface area is 297 Å². The van der Waals surface area contributed by atoms with E-state index in [1.807, 2.05) is 72.8 Å². The van der Waals surface area contributed by atoms with Crippen molar-refractivity contribution in [2.45, 2.75) is 0 Å². The number of furan rings is 2. The molecule has 0 atom stereocenters. The molecule has 0 aliphatic rings. The van der Waals surface area contributed by atoms with E-state index >= 15 is 0 Å². The molecule has 0 saturated heterocycles. The molecule has 0 bridgehead atoms. The van der Waals surface area contributed by atoms with E-state index in [1.54, 1.807) is 0 Å². The first-order valence-corrected chi connectivity index (χ1v) is 17.4. The van der Waals surface area contributed by atoms with Crippen LogP contribution >= 0.6 is 0 Å². The summed E-state index contributed by atoms with van der Waals surface area (Å²) in [6, 6.07) is 56.2. The lowest BCUT2D eigenvalue weighted by Crippen LogP contribution is -2.01. The largest absolute Gasteiger partial charge is 0.456 e. The smallest absolute Gasteiger partial charge is 0.164 e. The Morgan fingerprint density at radius 2 is 0.885 bits per heavy atom. The van der Waals surface area contributed by atoms with Crippen LogP contribution in [-0.2, 0) is 0 Å². The molecular weight excluding hydrogens is 639 g/mol. The second-order valence-corrected chi connectivity index (χ2v) is 13.1. The molecule has 3 heterocycles. The number of nitrogens with zero attached hydrogens (tertiary/aromatic N) is 3. The highest BCUT2D eigenvalue weighted by molar-refractivity contribution is 6.20. The molecule has 11 aromatic rings. The quantitative estimate of drug-likeness (QED) is 0.175. The Bertz CT molecular complexity index is 3190. The zero-order valence-electron chi connectivity index (χ0n) is 27.7. The van der Waals surface area contributed by atoms with Gasteiger partial charge < -0.3 is 8.83 Å². The standard InChI is InChI=1S/C47H27N3O2/c1-2-13-28(14-3-1)45-48-46(36-21-12-24-41-42(36)34-19-8-10-22-39(34)51-41)50-47(49-45)37-26-25-33(44-43(37)35-20-9-11-23-40(35)52-44)38-27-29-15-4-5-16-30(29)31-17-6-7-18-32(31)38/h1-27H. The number of rotatable bonds is 4. The molecule has 0 aliphatic heterocycles. The summed E-state index contributed by atoms with van der Waals surface area (Å²) in [7, 11) is 0. The number of hydrogen-bond donors (Lipinski definition) is 0. The van der Waals surface area contributed by atoms with Crippen molar-refractivity contribution in [2.24, 2.45) is 0 Å². The molecule has 0 fully saturated rings. The lowest BCUT2D eigenvalue weighted by Gasteiger charge is -2.13. The van der Waals surface area contributed by atoms with E-state index in [9.17, 15) is 0 Å². The molecule has 3 aromatic heterocycles. The topological polar surface area (TPSA) is 65.0 Å². The molecule has 0 saturated carbocycles. The first-order valence-electron chi connectivity index (χ1n) is 17.4. The Morgan fingerprint density at radius 3 is 1.67 bits per heavy atom. The molecule has 0 spiro atoms. The molecule has 0 amide bonds. The number of para-hydroxylation sites is 2. The minimum atomic E-state index is 0.570.